The first-order valence-electron chi connectivity index (χ1n) is 8.04. The quantitative estimate of drug-likeness (QED) is 0.384. The average Bonchev–Trinajstić information content (AvgIpc) is 2.62. The molecule has 0 saturated carbocycles. The molecule has 0 aliphatic heterocycles. The SMILES string of the molecule is C=C/C=C(\C=C/C)Oc1ccccc1-c1cccc2ccccc12. The van der Waals surface area contributed by atoms with Crippen molar-refractivity contribution in [1.29, 1.82) is 0 Å². The van der Waals surface area contributed by atoms with Crippen molar-refractivity contribution in [1.82, 2.24) is 0 Å². The van der Waals surface area contributed by atoms with E-state index in [0.717, 1.165) is 17.1 Å². The maximum Gasteiger partial charge on any atom is 0.135 e. The van der Waals surface area contributed by atoms with Crippen LogP contribution in [0.25, 0.3) is 21.9 Å². The molecular weight excluding hydrogens is 292 g/mol. The number of rotatable bonds is 5. The number of para-hydroxylation sites is 1. The summed E-state index contributed by atoms with van der Waals surface area (Å²) in [6.45, 7) is 5.72. The molecule has 3 aromatic rings. The van der Waals surface area contributed by atoms with Gasteiger partial charge in [-0.15, -0.1) is 0 Å². The molecule has 118 valence electrons. The van der Waals surface area contributed by atoms with Crippen molar-refractivity contribution in [2.75, 3.05) is 0 Å². The summed E-state index contributed by atoms with van der Waals surface area (Å²) in [6, 6.07) is 22.9. The van der Waals surface area contributed by atoms with E-state index in [1.807, 2.05) is 43.4 Å². The molecule has 0 fully saturated rings. The third kappa shape index (κ3) is 3.31. The summed E-state index contributed by atoms with van der Waals surface area (Å²) in [6.07, 6.45) is 7.48. The minimum atomic E-state index is 0.764. The van der Waals surface area contributed by atoms with E-state index in [-0.39, 0.29) is 0 Å². The molecule has 0 atom stereocenters. The zero-order valence-electron chi connectivity index (χ0n) is 13.8. The highest BCUT2D eigenvalue weighted by molar-refractivity contribution is 5.97. The molecule has 0 amide bonds. The van der Waals surface area contributed by atoms with Crippen molar-refractivity contribution in [3.63, 3.8) is 0 Å². The van der Waals surface area contributed by atoms with Crippen molar-refractivity contribution < 1.29 is 4.74 Å². The molecular formula is C23H20O. The Morgan fingerprint density at radius 3 is 2.42 bits per heavy atom. The predicted octanol–water partition coefficient (Wildman–Crippen LogP) is 6.53. The van der Waals surface area contributed by atoms with Crippen molar-refractivity contribution in [2.45, 2.75) is 6.92 Å². The van der Waals surface area contributed by atoms with E-state index < -0.39 is 0 Å². The molecule has 0 radical (unpaired) electrons. The summed E-state index contributed by atoms with van der Waals surface area (Å²) in [5.41, 5.74) is 2.25. The zero-order valence-corrected chi connectivity index (χ0v) is 13.8. The molecule has 3 rings (SSSR count). The van der Waals surface area contributed by atoms with Gasteiger partial charge in [-0.05, 0) is 41.5 Å². The Kier molecular flexibility index (Phi) is 4.93. The van der Waals surface area contributed by atoms with Gasteiger partial charge in [0.1, 0.15) is 11.5 Å². The molecule has 0 saturated heterocycles. The van der Waals surface area contributed by atoms with Crippen molar-refractivity contribution in [3.8, 4) is 16.9 Å². The first-order chi connectivity index (χ1) is 11.8. The van der Waals surface area contributed by atoms with Crippen LogP contribution >= 0.6 is 0 Å². The fraction of sp³-hybridized carbons (Fsp3) is 0.0435. The van der Waals surface area contributed by atoms with Crippen molar-refractivity contribution in [2.24, 2.45) is 0 Å². The molecule has 0 aliphatic rings. The maximum atomic E-state index is 6.13. The highest BCUT2D eigenvalue weighted by Gasteiger charge is 2.10. The summed E-state index contributed by atoms with van der Waals surface area (Å²) >= 11 is 0. The highest BCUT2D eigenvalue weighted by atomic mass is 16.5. The minimum absolute atomic E-state index is 0.764. The average molecular weight is 312 g/mol. The fourth-order valence-corrected chi connectivity index (χ4v) is 2.77. The first kappa shape index (κ1) is 15.8. The number of hydrogen-bond acceptors (Lipinski definition) is 1. The van der Waals surface area contributed by atoms with E-state index in [1.165, 1.54) is 16.3 Å². The van der Waals surface area contributed by atoms with Gasteiger partial charge in [0.2, 0.25) is 0 Å². The van der Waals surface area contributed by atoms with E-state index in [1.54, 1.807) is 6.08 Å². The summed E-state index contributed by atoms with van der Waals surface area (Å²) in [5, 5.41) is 2.44. The lowest BCUT2D eigenvalue weighted by Gasteiger charge is -2.13. The summed E-state index contributed by atoms with van der Waals surface area (Å²) in [5.74, 6) is 1.60. The molecule has 0 aromatic heterocycles. The number of fused-ring (bicyclic) bond motifs is 1. The smallest absolute Gasteiger partial charge is 0.135 e. The molecule has 0 unspecified atom stereocenters. The van der Waals surface area contributed by atoms with Gasteiger partial charge in [0.15, 0.2) is 0 Å². The predicted molar refractivity (Wildman–Crippen MR) is 103 cm³/mol. The van der Waals surface area contributed by atoms with Crippen LogP contribution in [0.1, 0.15) is 6.92 Å². The van der Waals surface area contributed by atoms with Gasteiger partial charge in [-0.2, -0.15) is 0 Å². The lowest BCUT2D eigenvalue weighted by molar-refractivity contribution is 0.446. The Morgan fingerprint density at radius 2 is 1.58 bits per heavy atom. The normalized spacial score (nSPS) is 11.8. The summed E-state index contributed by atoms with van der Waals surface area (Å²) < 4.78 is 6.13. The van der Waals surface area contributed by atoms with E-state index >= 15 is 0 Å². The molecule has 0 aliphatic carbocycles. The van der Waals surface area contributed by atoms with Crippen LogP contribution in [0, 0.1) is 0 Å². The van der Waals surface area contributed by atoms with Crippen molar-refractivity contribution in [3.05, 3.63) is 103 Å². The van der Waals surface area contributed by atoms with Gasteiger partial charge in [-0.25, -0.2) is 0 Å². The number of allylic oxidation sites excluding steroid dienone is 4. The van der Waals surface area contributed by atoms with E-state index in [9.17, 15) is 0 Å². The van der Waals surface area contributed by atoms with Crippen LogP contribution in [0.5, 0.6) is 5.75 Å². The number of ether oxygens (including phenoxy) is 1. The monoisotopic (exact) mass is 312 g/mol. The maximum absolute atomic E-state index is 6.13. The van der Waals surface area contributed by atoms with Crippen LogP contribution in [0.3, 0.4) is 0 Å². The Morgan fingerprint density at radius 1 is 0.875 bits per heavy atom. The van der Waals surface area contributed by atoms with Crippen LogP contribution in [0.4, 0.5) is 0 Å². The number of hydrogen-bond donors (Lipinski definition) is 0. The van der Waals surface area contributed by atoms with Crippen molar-refractivity contribution >= 4 is 10.8 Å². The Hall–Kier alpha value is -3.06. The third-order valence-electron chi connectivity index (χ3n) is 3.81. The third-order valence-corrected chi connectivity index (χ3v) is 3.81. The van der Waals surface area contributed by atoms with Gasteiger partial charge in [-0.1, -0.05) is 79.4 Å². The second-order valence-corrected chi connectivity index (χ2v) is 5.43. The van der Waals surface area contributed by atoms with Crippen LogP contribution in [0.15, 0.2) is 103 Å². The van der Waals surface area contributed by atoms with E-state index in [4.69, 9.17) is 4.74 Å². The second kappa shape index (κ2) is 7.47. The van der Waals surface area contributed by atoms with Gasteiger partial charge in [-0.3, -0.25) is 0 Å². The van der Waals surface area contributed by atoms with Gasteiger partial charge >= 0.3 is 0 Å². The Bertz CT molecular complexity index is 911. The first-order valence-corrected chi connectivity index (χ1v) is 8.04. The van der Waals surface area contributed by atoms with Crippen LogP contribution in [-0.2, 0) is 0 Å². The second-order valence-electron chi connectivity index (χ2n) is 5.43. The molecule has 0 spiro atoms. The highest BCUT2D eigenvalue weighted by Crippen LogP contribution is 2.35. The Labute approximate surface area is 143 Å². The fourth-order valence-electron chi connectivity index (χ4n) is 2.77. The lowest BCUT2D eigenvalue weighted by Crippen LogP contribution is -1.94. The molecule has 0 bridgehead atoms. The van der Waals surface area contributed by atoms with Crippen LogP contribution in [-0.4, -0.2) is 0 Å². The summed E-state index contributed by atoms with van der Waals surface area (Å²) in [7, 11) is 0. The van der Waals surface area contributed by atoms with E-state index in [0.29, 0.717) is 0 Å². The molecule has 3 aromatic carbocycles. The van der Waals surface area contributed by atoms with Gasteiger partial charge in [0.25, 0.3) is 0 Å². The molecule has 1 nitrogen and oxygen atoms in total. The zero-order chi connectivity index (χ0) is 16.8. The topological polar surface area (TPSA) is 9.23 Å². The largest absolute Gasteiger partial charge is 0.457 e. The molecule has 0 N–H and O–H groups in total. The lowest BCUT2D eigenvalue weighted by atomic mass is 9.97. The Balaban J connectivity index is 2.12. The molecule has 24 heavy (non-hydrogen) atoms. The standard InChI is InChI=1S/C23H20O/c1-3-10-19(11-4-2)24-23-17-8-7-15-22(23)21-16-9-13-18-12-5-6-14-20(18)21/h3-17H,1H2,2H3/b11-4-,19-10+. The van der Waals surface area contributed by atoms with Crippen LogP contribution in [0.2, 0.25) is 0 Å². The molecule has 0 heterocycles. The van der Waals surface area contributed by atoms with Gasteiger partial charge in [0, 0.05) is 5.56 Å². The number of benzene rings is 3. The molecule has 1 heteroatoms. The van der Waals surface area contributed by atoms with Gasteiger partial charge in [0.05, 0.1) is 0 Å². The summed E-state index contributed by atoms with van der Waals surface area (Å²) in [4.78, 5) is 0. The minimum Gasteiger partial charge on any atom is -0.457 e. The van der Waals surface area contributed by atoms with Crippen LogP contribution < -0.4 is 4.74 Å². The van der Waals surface area contributed by atoms with Gasteiger partial charge < -0.3 is 4.74 Å². The van der Waals surface area contributed by atoms with E-state index in [2.05, 4.69) is 55.1 Å².